The van der Waals surface area contributed by atoms with Crippen LogP contribution in [0.5, 0.6) is 0 Å². The molecule has 2 amide bonds. The van der Waals surface area contributed by atoms with Crippen LogP contribution in [0.3, 0.4) is 0 Å². The molecule has 3 rings (SSSR count). The molecule has 8 heteroatoms. The fraction of sp³-hybridized carbons (Fsp3) is 0.240. The maximum absolute atomic E-state index is 12.7. The zero-order valence-corrected chi connectivity index (χ0v) is 18.1. The van der Waals surface area contributed by atoms with Crippen LogP contribution in [0, 0.1) is 0 Å². The molecule has 8 nitrogen and oxygen atoms in total. The Balaban J connectivity index is 1.63. The van der Waals surface area contributed by atoms with Gasteiger partial charge in [0.15, 0.2) is 0 Å². The number of carboxylic acid groups (broad SMARTS) is 1. The summed E-state index contributed by atoms with van der Waals surface area (Å²) >= 11 is 0. The molecule has 0 fully saturated rings. The minimum atomic E-state index is -1.38. The van der Waals surface area contributed by atoms with Gasteiger partial charge in [0.2, 0.25) is 5.91 Å². The van der Waals surface area contributed by atoms with Crippen LogP contribution in [0.4, 0.5) is 4.79 Å². The summed E-state index contributed by atoms with van der Waals surface area (Å²) in [6.07, 6.45) is -2.14. The van der Waals surface area contributed by atoms with Gasteiger partial charge in [-0.15, -0.1) is 0 Å². The van der Waals surface area contributed by atoms with Crippen molar-refractivity contribution in [3.8, 4) is 0 Å². The lowest BCUT2D eigenvalue weighted by molar-refractivity contribution is -0.142. The van der Waals surface area contributed by atoms with E-state index >= 15 is 0 Å². The lowest BCUT2D eigenvalue weighted by Gasteiger charge is -2.23. The summed E-state index contributed by atoms with van der Waals surface area (Å²) in [5.41, 5.74) is 1.48. The van der Waals surface area contributed by atoms with E-state index in [0.29, 0.717) is 0 Å². The number of ether oxygens (including phenoxy) is 1. The van der Waals surface area contributed by atoms with Gasteiger partial charge >= 0.3 is 12.1 Å². The number of carbonyl (C=O) groups is 3. The number of carboxylic acids is 1. The Morgan fingerprint density at radius 3 is 2.21 bits per heavy atom. The maximum atomic E-state index is 12.7. The van der Waals surface area contributed by atoms with Crippen LogP contribution in [-0.2, 0) is 27.4 Å². The van der Waals surface area contributed by atoms with Crippen molar-refractivity contribution in [2.24, 2.45) is 0 Å². The molecule has 0 spiro atoms. The molecule has 0 radical (unpaired) electrons. The van der Waals surface area contributed by atoms with E-state index in [0.717, 1.165) is 21.9 Å². The predicted molar refractivity (Wildman–Crippen MR) is 122 cm³/mol. The highest BCUT2D eigenvalue weighted by molar-refractivity contribution is 5.90. The standard InChI is InChI=1S/C25H26N2O6/c1-16(28)22(27-25(32)33-15-17-7-3-2-4-8-17)23(29)26-21(24(30)31)14-18-11-12-19-9-5-6-10-20(19)13-18/h2-13,16,21-22,28H,14-15H2,1H3,(H,26,29)(H,27,32)(H,30,31)/t16-,21-,22+/m1/s1. The number of nitrogens with one attached hydrogen (secondary N) is 2. The third-order valence-electron chi connectivity index (χ3n) is 5.12. The van der Waals surface area contributed by atoms with E-state index in [-0.39, 0.29) is 13.0 Å². The Bertz CT molecular complexity index is 1120. The van der Waals surface area contributed by atoms with Gasteiger partial charge in [0.05, 0.1) is 6.10 Å². The minimum absolute atomic E-state index is 0.0134. The number of carbonyl (C=O) groups excluding carboxylic acids is 2. The van der Waals surface area contributed by atoms with Crippen LogP contribution in [0.1, 0.15) is 18.1 Å². The van der Waals surface area contributed by atoms with Crippen molar-refractivity contribution in [1.82, 2.24) is 10.6 Å². The molecule has 0 aliphatic carbocycles. The molecule has 0 bridgehead atoms. The number of aliphatic hydroxyl groups excluding tert-OH is 1. The first-order valence-corrected chi connectivity index (χ1v) is 10.5. The Morgan fingerprint density at radius 2 is 1.55 bits per heavy atom. The smallest absolute Gasteiger partial charge is 0.408 e. The molecule has 0 aromatic heterocycles. The summed E-state index contributed by atoms with van der Waals surface area (Å²) < 4.78 is 5.09. The first-order valence-electron chi connectivity index (χ1n) is 10.5. The van der Waals surface area contributed by atoms with E-state index in [2.05, 4.69) is 10.6 Å². The fourth-order valence-electron chi connectivity index (χ4n) is 3.36. The van der Waals surface area contributed by atoms with Crippen molar-refractivity contribution in [1.29, 1.82) is 0 Å². The van der Waals surface area contributed by atoms with Crippen LogP contribution >= 0.6 is 0 Å². The Kier molecular flexibility index (Phi) is 7.99. The van der Waals surface area contributed by atoms with Crippen molar-refractivity contribution in [3.05, 3.63) is 83.9 Å². The minimum Gasteiger partial charge on any atom is -0.480 e. The first kappa shape index (κ1) is 23.7. The van der Waals surface area contributed by atoms with Gasteiger partial charge in [-0.2, -0.15) is 0 Å². The lowest BCUT2D eigenvalue weighted by atomic mass is 10.0. The van der Waals surface area contributed by atoms with Gasteiger partial charge in [-0.1, -0.05) is 72.8 Å². The van der Waals surface area contributed by atoms with E-state index in [1.165, 1.54) is 6.92 Å². The quantitative estimate of drug-likeness (QED) is 0.397. The number of amides is 2. The molecule has 0 saturated heterocycles. The summed E-state index contributed by atoms with van der Waals surface area (Å²) in [4.78, 5) is 36.6. The first-order chi connectivity index (χ1) is 15.8. The normalized spacial score (nSPS) is 13.5. The number of fused-ring (bicyclic) bond motifs is 1. The van der Waals surface area contributed by atoms with Crippen LogP contribution in [-0.4, -0.2) is 46.4 Å². The van der Waals surface area contributed by atoms with Crippen LogP contribution in [0.15, 0.2) is 72.8 Å². The average molecular weight is 450 g/mol. The van der Waals surface area contributed by atoms with Gasteiger partial charge in [-0.05, 0) is 28.8 Å². The van der Waals surface area contributed by atoms with Crippen LogP contribution < -0.4 is 10.6 Å². The lowest BCUT2D eigenvalue weighted by Crippen LogP contribution is -2.56. The SMILES string of the molecule is C[C@@H](O)[C@H](NC(=O)OCc1ccccc1)C(=O)N[C@H](Cc1ccc2ccccc2c1)C(=O)O. The monoisotopic (exact) mass is 450 g/mol. The summed E-state index contributed by atoms with van der Waals surface area (Å²) in [5, 5.41) is 26.3. The Hall–Kier alpha value is -3.91. The number of alkyl carbamates (subject to hydrolysis) is 1. The number of rotatable bonds is 9. The third-order valence-corrected chi connectivity index (χ3v) is 5.12. The van der Waals surface area contributed by atoms with E-state index < -0.39 is 36.2 Å². The molecule has 33 heavy (non-hydrogen) atoms. The Labute approximate surface area is 191 Å². The fourth-order valence-corrected chi connectivity index (χ4v) is 3.36. The van der Waals surface area contributed by atoms with Crippen molar-refractivity contribution in [2.75, 3.05) is 0 Å². The number of hydrogen-bond donors (Lipinski definition) is 4. The summed E-state index contributed by atoms with van der Waals surface area (Å²) in [5.74, 6) is -2.05. The number of aliphatic carboxylic acids is 1. The van der Waals surface area contributed by atoms with Gasteiger partial charge in [-0.3, -0.25) is 4.79 Å². The van der Waals surface area contributed by atoms with Gasteiger partial charge in [0.1, 0.15) is 18.7 Å². The van der Waals surface area contributed by atoms with Gasteiger partial charge in [0, 0.05) is 6.42 Å². The molecule has 3 atom stereocenters. The molecule has 3 aromatic carbocycles. The molecule has 3 aromatic rings. The zero-order chi connectivity index (χ0) is 23.8. The largest absolute Gasteiger partial charge is 0.480 e. The summed E-state index contributed by atoms with van der Waals surface area (Å²) in [6, 6.07) is 19.6. The van der Waals surface area contributed by atoms with E-state index in [4.69, 9.17) is 4.74 Å². The molecule has 4 N–H and O–H groups in total. The molecular formula is C25H26N2O6. The molecular weight excluding hydrogens is 424 g/mol. The van der Waals surface area contributed by atoms with Crippen molar-refractivity contribution >= 4 is 28.7 Å². The average Bonchev–Trinajstić information content (AvgIpc) is 2.81. The van der Waals surface area contributed by atoms with Crippen molar-refractivity contribution in [2.45, 2.75) is 38.1 Å². The number of benzene rings is 3. The van der Waals surface area contributed by atoms with Gasteiger partial charge in [0.25, 0.3) is 0 Å². The number of aliphatic hydroxyl groups is 1. The molecule has 0 heterocycles. The zero-order valence-electron chi connectivity index (χ0n) is 18.1. The highest BCUT2D eigenvalue weighted by atomic mass is 16.5. The van der Waals surface area contributed by atoms with E-state index in [1.54, 1.807) is 30.3 Å². The molecule has 0 aliphatic rings. The molecule has 172 valence electrons. The van der Waals surface area contributed by atoms with Crippen LogP contribution in [0.25, 0.3) is 10.8 Å². The van der Waals surface area contributed by atoms with Crippen molar-refractivity contribution < 1.29 is 29.3 Å². The maximum Gasteiger partial charge on any atom is 0.408 e. The second-order valence-electron chi connectivity index (χ2n) is 7.71. The second kappa shape index (κ2) is 11.1. The molecule has 0 aliphatic heterocycles. The predicted octanol–water partition coefficient (Wildman–Crippen LogP) is 2.63. The Morgan fingerprint density at radius 1 is 0.879 bits per heavy atom. The van der Waals surface area contributed by atoms with Gasteiger partial charge in [-0.25, -0.2) is 9.59 Å². The van der Waals surface area contributed by atoms with E-state index in [9.17, 15) is 24.6 Å². The molecule has 0 saturated carbocycles. The third kappa shape index (κ3) is 6.78. The second-order valence-corrected chi connectivity index (χ2v) is 7.71. The van der Waals surface area contributed by atoms with Gasteiger partial charge < -0.3 is 25.6 Å². The highest BCUT2D eigenvalue weighted by Gasteiger charge is 2.30. The highest BCUT2D eigenvalue weighted by Crippen LogP contribution is 2.17. The van der Waals surface area contributed by atoms with E-state index in [1.807, 2.05) is 42.5 Å². The summed E-state index contributed by atoms with van der Waals surface area (Å²) in [6.45, 7) is 1.31. The summed E-state index contributed by atoms with van der Waals surface area (Å²) in [7, 11) is 0. The topological polar surface area (TPSA) is 125 Å². The van der Waals surface area contributed by atoms with Crippen LogP contribution in [0.2, 0.25) is 0 Å². The molecule has 0 unspecified atom stereocenters. The van der Waals surface area contributed by atoms with Crippen molar-refractivity contribution in [3.63, 3.8) is 0 Å². The number of hydrogen-bond acceptors (Lipinski definition) is 5.